The third kappa shape index (κ3) is 2.39. The molecule has 1 aromatic rings. The summed E-state index contributed by atoms with van der Waals surface area (Å²) in [6.07, 6.45) is 2.61. The summed E-state index contributed by atoms with van der Waals surface area (Å²) in [6.45, 7) is 0. The van der Waals surface area contributed by atoms with E-state index in [4.69, 9.17) is 4.74 Å². The molecule has 1 aromatic carbocycles. The van der Waals surface area contributed by atoms with E-state index in [-0.39, 0.29) is 12.2 Å². The van der Waals surface area contributed by atoms with Gasteiger partial charge in [-0.15, -0.1) is 0 Å². The number of halogens is 1. The molecule has 0 bridgehead atoms. The van der Waals surface area contributed by atoms with Gasteiger partial charge in [-0.05, 0) is 60.1 Å². The van der Waals surface area contributed by atoms with Crippen molar-refractivity contribution >= 4 is 22.6 Å². The fraction of sp³-hybridized carbons (Fsp3) is 0.455. The molecule has 0 spiro atoms. The Morgan fingerprint density at radius 2 is 2.21 bits per heavy atom. The zero-order valence-electron chi connectivity index (χ0n) is 7.82. The molecule has 1 N–H and O–H groups in total. The second-order valence-corrected chi connectivity index (χ2v) is 4.86. The average Bonchev–Trinajstić information content (AvgIpc) is 2.52. The molecule has 1 saturated carbocycles. The zero-order chi connectivity index (χ0) is 9.97. The van der Waals surface area contributed by atoms with E-state index in [0.717, 1.165) is 28.6 Å². The first kappa shape index (κ1) is 10.2. The lowest BCUT2D eigenvalue weighted by molar-refractivity contribution is 0.0603. The molecule has 0 saturated heterocycles. The van der Waals surface area contributed by atoms with Crippen LogP contribution in [-0.4, -0.2) is 17.3 Å². The number of benzene rings is 1. The third-order valence-corrected chi connectivity index (χ3v) is 3.17. The van der Waals surface area contributed by atoms with Crippen LogP contribution in [0.5, 0.6) is 5.75 Å². The maximum absolute atomic E-state index is 9.59. The Balaban J connectivity index is 2.03. The Hall–Kier alpha value is -0.290. The van der Waals surface area contributed by atoms with Crippen LogP contribution in [-0.2, 0) is 0 Å². The highest BCUT2D eigenvalue weighted by Gasteiger charge is 2.26. The van der Waals surface area contributed by atoms with Gasteiger partial charge in [0.25, 0.3) is 0 Å². The van der Waals surface area contributed by atoms with E-state index in [2.05, 4.69) is 22.6 Å². The van der Waals surface area contributed by atoms with Crippen LogP contribution >= 0.6 is 22.6 Å². The van der Waals surface area contributed by atoms with E-state index >= 15 is 0 Å². The van der Waals surface area contributed by atoms with Gasteiger partial charge < -0.3 is 9.84 Å². The summed E-state index contributed by atoms with van der Waals surface area (Å²) in [7, 11) is 0. The van der Waals surface area contributed by atoms with Gasteiger partial charge in [0.2, 0.25) is 0 Å². The molecule has 3 heteroatoms. The number of hydrogen-bond donors (Lipinski definition) is 1. The molecule has 0 amide bonds. The molecule has 1 fully saturated rings. The Labute approximate surface area is 97.4 Å². The summed E-state index contributed by atoms with van der Waals surface area (Å²) in [5, 5.41) is 9.59. The van der Waals surface area contributed by atoms with Gasteiger partial charge in [-0.1, -0.05) is 6.07 Å². The van der Waals surface area contributed by atoms with Gasteiger partial charge in [0.1, 0.15) is 11.9 Å². The molecule has 1 aliphatic carbocycles. The van der Waals surface area contributed by atoms with Crippen molar-refractivity contribution in [3.8, 4) is 5.75 Å². The summed E-state index contributed by atoms with van der Waals surface area (Å²) in [4.78, 5) is 0. The lowest BCUT2D eigenvalue weighted by Crippen LogP contribution is -2.25. The van der Waals surface area contributed by atoms with Crippen LogP contribution in [0.4, 0.5) is 0 Å². The normalized spacial score (nSPS) is 26.4. The summed E-state index contributed by atoms with van der Waals surface area (Å²) in [5.41, 5.74) is 0. The number of hydrogen-bond acceptors (Lipinski definition) is 2. The number of rotatable bonds is 2. The summed E-state index contributed by atoms with van der Waals surface area (Å²) < 4.78 is 6.87. The van der Waals surface area contributed by atoms with Crippen molar-refractivity contribution in [2.75, 3.05) is 0 Å². The quantitative estimate of drug-likeness (QED) is 0.851. The lowest BCUT2D eigenvalue weighted by Gasteiger charge is -2.16. The van der Waals surface area contributed by atoms with Crippen molar-refractivity contribution in [1.29, 1.82) is 0 Å². The maximum Gasteiger partial charge on any atom is 0.124 e. The predicted molar refractivity (Wildman–Crippen MR) is 63.4 cm³/mol. The van der Waals surface area contributed by atoms with Crippen LogP contribution in [0.15, 0.2) is 24.3 Å². The third-order valence-electron chi connectivity index (χ3n) is 2.50. The van der Waals surface area contributed by atoms with Crippen LogP contribution in [0, 0.1) is 3.57 Å². The Kier molecular flexibility index (Phi) is 3.28. The first-order valence-corrected chi connectivity index (χ1v) is 5.94. The molecule has 2 atom stereocenters. The molecule has 2 rings (SSSR count). The molecule has 0 aliphatic heterocycles. The topological polar surface area (TPSA) is 29.5 Å². The SMILES string of the molecule is O[C@@H]1CCC[C@H]1Oc1cccc(I)c1. The first-order chi connectivity index (χ1) is 6.75. The van der Waals surface area contributed by atoms with Crippen LogP contribution in [0.1, 0.15) is 19.3 Å². The van der Waals surface area contributed by atoms with Crippen LogP contribution in [0.25, 0.3) is 0 Å². The van der Waals surface area contributed by atoms with Crippen LogP contribution < -0.4 is 4.74 Å². The van der Waals surface area contributed by atoms with Crippen molar-refractivity contribution in [3.05, 3.63) is 27.8 Å². The Morgan fingerprint density at radius 1 is 1.36 bits per heavy atom. The molecule has 0 radical (unpaired) electrons. The van der Waals surface area contributed by atoms with Crippen molar-refractivity contribution in [3.63, 3.8) is 0 Å². The highest BCUT2D eigenvalue weighted by molar-refractivity contribution is 14.1. The second-order valence-electron chi connectivity index (χ2n) is 3.61. The first-order valence-electron chi connectivity index (χ1n) is 4.86. The molecular formula is C11H13IO2. The van der Waals surface area contributed by atoms with E-state index in [1.165, 1.54) is 0 Å². The minimum absolute atomic E-state index is 0.00630. The molecular weight excluding hydrogens is 291 g/mol. The number of ether oxygens (including phenoxy) is 1. The molecule has 14 heavy (non-hydrogen) atoms. The van der Waals surface area contributed by atoms with Crippen LogP contribution in [0.2, 0.25) is 0 Å². The highest BCUT2D eigenvalue weighted by Crippen LogP contribution is 2.25. The zero-order valence-corrected chi connectivity index (χ0v) is 9.98. The molecule has 76 valence electrons. The molecule has 1 aliphatic rings. The average molecular weight is 304 g/mol. The molecule has 0 unspecified atom stereocenters. The van der Waals surface area contributed by atoms with Gasteiger partial charge in [0.05, 0.1) is 6.10 Å². The van der Waals surface area contributed by atoms with E-state index in [1.54, 1.807) is 0 Å². The largest absolute Gasteiger partial charge is 0.488 e. The van der Waals surface area contributed by atoms with Gasteiger partial charge >= 0.3 is 0 Å². The lowest BCUT2D eigenvalue weighted by atomic mass is 10.2. The molecule has 2 nitrogen and oxygen atoms in total. The highest BCUT2D eigenvalue weighted by atomic mass is 127. The van der Waals surface area contributed by atoms with Gasteiger partial charge in [0, 0.05) is 3.57 Å². The Morgan fingerprint density at radius 3 is 2.86 bits per heavy atom. The van der Waals surface area contributed by atoms with Crippen molar-refractivity contribution in [1.82, 2.24) is 0 Å². The minimum atomic E-state index is -0.284. The van der Waals surface area contributed by atoms with E-state index < -0.39 is 0 Å². The van der Waals surface area contributed by atoms with Gasteiger partial charge in [-0.25, -0.2) is 0 Å². The minimum Gasteiger partial charge on any atom is -0.488 e. The fourth-order valence-corrected chi connectivity index (χ4v) is 2.27. The number of aliphatic hydroxyl groups excluding tert-OH is 1. The second kappa shape index (κ2) is 4.49. The van der Waals surface area contributed by atoms with E-state index in [0.29, 0.717) is 0 Å². The summed E-state index contributed by atoms with van der Waals surface area (Å²) >= 11 is 2.25. The van der Waals surface area contributed by atoms with Gasteiger partial charge in [0.15, 0.2) is 0 Å². The van der Waals surface area contributed by atoms with Crippen molar-refractivity contribution in [2.45, 2.75) is 31.5 Å². The maximum atomic E-state index is 9.59. The Bertz CT molecular complexity index is 314. The van der Waals surface area contributed by atoms with E-state index in [1.807, 2.05) is 24.3 Å². The summed E-state index contributed by atoms with van der Waals surface area (Å²) in [5.74, 6) is 0.864. The van der Waals surface area contributed by atoms with Crippen LogP contribution in [0.3, 0.4) is 0 Å². The number of aliphatic hydroxyl groups is 1. The van der Waals surface area contributed by atoms with Crippen molar-refractivity contribution < 1.29 is 9.84 Å². The monoisotopic (exact) mass is 304 g/mol. The van der Waals surface area contributed by atoms with Gasteiger partial charge in [-0.2, -0.15) is 0 Å². The van der Waals surface area contributed by atoms with E-state index in [9.17, 15) is 5.11 Å². The predicted octanol–water partition coefficient (Wildman–Crippen LogP) is 2.58. The molecule has 0 aromatic heterocycles. The standard InChI is InChI=1S/C11H13IO2/c12-8-3-1-4-9(7-8)14-11-6-2-5-10(11)13/h1,3-4,7,10-11,13H,2,5-6H2/t10-,11-/m1/s1. The fourth-order valence-electron chi connectivity index (χ4n) is 1.76. The molecule has 0 heterocycles. The summed E-state index contributed by atoms with van der Waals surface area (Å²) in [6, 6.07) is 7.93. The smallest absolute Gasteiger partial charge is 0.124 e. The van der Waals surface area contributed by atoms with Gasteiger partial charge in [-0.3, -0.25) is 0 Å². The van der Waals surface area contributed by atoms with Crippen molar-refractivity contribution in [2.24, 2.45) is 0 Å².